The Balaban J connectivity index is 2.40. The lowest BCUT2D eigenvalue weighted by Crippen LogP contribution is -2.40. The van der Waals surface area contributed by atoms with Crippen LogP contribution in [0.15, 0.2) is 0 Å². The van der Waals surface area contributed by atoms with Crippen LogP contribution in [0.25, 0.3) is 0 Å². The molecule has 5 nitrogen and oxygen atoms in total. The third kappa shape index (κ3) is 4.01. The first-order valence-corrected chi connectivity index (χ1v) is 7.38. The SMILES string of the molecule is COCC1CCN(S(=O)(=O)CCCN)CC1. The summed E-state index contributed by atoms with van der Waals surface area (Å²) in [5.74, 6) is 0.685. The molecule has 0 aromatic heterocycles. The molecule has 1 fully saturated rings. The van der Waals surface area contributed by atoms with Gasteiger partial charge in [0.15, 0.2) is 0 Å². The third-order valence-corrected chi connectivity index (χ3v) is 4.93. The summed E-state index contributed by atoms with van der Waals surface area (Å²) in [6, 6.07) is 0. The number of piperidine rings is 1. The second-order valence-corrected chi connectivity index (χ2v) is 6.34. The minimum absolute atomic E-state index is 0.179. The number of rotatable bonds is 6. The van der Waals surface area contributed by atoms with Crippen molar-refractivity contribution < 1.29 is 13.2 Å². The zero-order valence-electron chi connectivity index (χ0n) is 9.89. The van der Waals surface area contributed by atoms with Crippen LogP contribution in [0.3, 0.4) is 0 Å². The van der Waals surface area contributed by atoms with Crippen molar-refractivity contribution in [3.05, 3.63) is 0 Å². The molecule has 0 aromatic carbocycles. The maximum absolute atomic E-state index is 11.8. The first-order valence-electron chi connectivity index (χ1n) is 5.77. The van der Waals surface area contributed by atoms with Crippen molar-refractivity contribution in [3.8, 4) is 0 Å². The summed E-state index contributed by atoms with van der Waals surface area (Å²) >= 11 is 0. The van der Waals surface area contributed by atoms with Gasteiger partial charge in [0, 0.05) is 26.8 Å². The molecule has 0 aromatic rings. The van der Waals surface area contributed by atoms with Gasteiger partial charge < -0.3 is 10.5 Å². The average Bonchev–Trinajstić information content (AvgIpc) is 2.28. The van der Waals surface area contributed by atoms with Gasteiger partial charge in [-0.1, -0.05) is 0 Å². The van der Waals surface area contributed by atoms with Crippen LogP contribution in [0.4, 0.5) is 0 Å². The number of ether oxygens (including phenoxy) is 1. The Morgan fingerprint density at radius 3 is 2.50 bits per heavy atom. The number of nitrogens with zero attached hydrogens (tertiary/aromatic N) is 1. The first kappa shape index (κ1) is 13.9. The van der Waals surface area contributed by atoms with E-state index in [0.717, 1.165) is 19.4 Å². The van der Waals surface area contributed by atoms with E-state index in [-0.39, 0.29) is 5.75 Å². The van der Waals surface area contributed by atoms with Gasteiger partial charge in [-0.15, -0.1) is 0 Å². The van der Waals surface area contributed by atoms with Crippen LogP contribution in [0.1, 0.15) is 19.3 Å². The van der Waals surface area contributed by atoms with Crippen molar-refractivity contribution in [2.24, 2.45) is 11.7 Å². The lowest BCUT2D eigenvalue weighted by molar-refractivity contribution is 0.121. The maximum atomic E-state index is 11.8. The van der Waals surface area contributed by atoms with Crippen LogP contribution in [0, 0.1) is 5.92 Å². The van der Waals surface area contributed by atoms with Gasteiger partial charge in [0.1, 0.15) is 0 Å². The normalized spacial score (nSPS) is 20.1. The van der Waals surface area contributed by atoms with Crippen molar-refractivity contribution in [3.63, 3.8) is 0 Å². The van der Waals surface area contributed by atoms with Gasteiger partial charge in [-0.2, -0.15) is 0 Å². The molecule has 0 bridgehead atoms. The van der Waals surface area contributed by atoms with Gasteiger partial charge >= 0.3 is 0 Å². The van der Waals surface area contributed by atoms with Crippen LogP contribution >= 0.6 is 0 Å². The molecule has 0 unspecified atom stereocenters. The van der Waals surface area contributed by atoms with E-state index in [1.807, 2.05) is 0 Å². The van der Waals surface area contributed by atoms with Crippen LogP contribution < -0.4 is 5.73 Å². The predicted octanol–water partition coefficient (Wildman–Crippen LogP) is 0.0234. The number of hydrogen-bond donors (Lipinski definition) is 1. The lowest BCUT2D eigenvalue weighted by Gasteiger charge is -2.30. The molecule has 1 rings (SSSR count). The minimum Gasteiger partial charge on any atom is -0.384 e. The van der Waals surface area contributed by atoms with Gasteiger partial charge in [0.25, 0.3) is 0 Å². The zero-order valence-corrected chi connectivity index (χ0v) is 10.7. The Morgan fingerprint density at radius 2 is 2.00 bits per heavy atom. The van der Waals surface area contributed by atoms with Crippen LogP contribution in [-0.4, -0.2) is 51.8 Å². The molecule has 96 valence electrons. The highest BCUT2D eigenvalue weighted by Crippen LogP contribution is 2.20. The lowest BCUT2D eigenvalue weighted by atomic mass is 9.99. The fraction of sp³-hybridized carbons (Fsp3) is 1.00. The van der Waals surface area contributed by atoms with E-state index in [0.29, 0.717) is 32.0 Å². The topological polar surface area (TPSA) is 72.6 Å². The molecule has 0 atom stereocenters. The van der Waals surface area contributed by atoms with Crippen molar-refractivity contribution in [1.82, 2.24) is 4.31 Å². The second kappa shape index (κ2) is 6.54. The minimum atomic E-state index is -3.07. The highest BCUT2D eigenvalue weighted by molar-refractivity contribution is 7.89. The summed E-state index contributed by atoms with van der Waals surface area (Å²) in [6.45, 7) is 2.41. The van der Waals surface area contributed by atoms with E-state index in [2.05, 4.69) is 0 Å². The van der Waals surface area contributed by atoms with E-state index in [9.17, 15) is 8.42 Å². The Kier molecular flexibility index (Phi) is 5.68. The molecule has 0 saturated carbocycles. The Hall–Kier alpha value is -0.170. The molecule has 0 spiro atoms. The molecular formula is C10H22N2O3S. The third-order valence-electron chi connectivity index (χ3n) is 2.98. The molecule has 2 N–H and O–H groups in total. The molecule has 1 aliphatic heterocycles. The van der Waals surface area contributed by atoms with Gasteiger partial charge in [-0.3, -0.25) is 0 Å². The van der Waals surface area contributed by atoms with Gasteiger partial charge in [0.2, 0.25) is 10.0 Å². The largest absolute Gasteiger partial charge is 0.384 e. The summed E-state index contributed by atoms with van der Waals surface area (Å²) in [6.07, 6.45) is 2.34. The number of methoxy groups -OCH3 is 1. The van der Waals surface area contributed by atoms with Gasteiger partial charge in [-0.25, -0.2) is 12.7 Å². The van der Waals surface area contributed by atoms with Crippen LogP contribution in [0.2, 0.25) is 0 Å². The predicted molar refractivity (Wildman–Crippen MR) is 63.6 cm³/mol. The van der Waals surface area contributed by atoms with Crippen molar-refractivity contribution >= 4 is 10.0 Å². The quantitative estimate of drug-likeness (QED) is 0.721. The summed E-state index contributed by atoms with van der Waals surface area (Å²) < 4.78 is 30.4. The number of sulfonamides is 1. The van der Waals surface area contributed by atoms with Crippen molar-refractivity contribution in [2.45, 2.75) is 19.3 Å². The molecular weight excluding hydrogens is 228 g/mol. The molecule has 0 aliphatic carbocycles. The van der Waals surface area contributed by atoms with Crippen LogP contribution in [-0.2, 0) is 14.8 Å². The smallest absolute Gasteiger partial charge is 0.214 e. The summed E-state index contributed by atoms with van der Waals surface area (Å²) in [5.41, 5.74) is 5.33. The van der Waals surface area contributed by atoms with E-state index in [4.69, 9.17) is 10.5 Å². The van der Waals surface area contributed by atoms with Crippen molar-refractivity contribution in [1.29, 1.82) is 0 Å². The van der Waals surface area contributed by atoms with Gasteiger partial charge in [-0.05, 0) is 31.7 Å². The van der Waals surface area contributed by atoms with E-state index < -0.39 is 10.0 Å². The Morgan fingerprint density at radius 1 is 1.38 bits per heavy atom. The summed E-state index contributed by atoms with van der Waals surface area (Å²) in [4.78, 5) is 0. The molecule has 16 heavy (non-hydrogen) atoms. The van der Waals surface area contributed by atoms with Gasteiger partial charge in [0.05, 0.1) is 5.75 Å². The fourth-order valence-corrected chi connectivity index (χ4v) is 3.54. The maximum Gasteiger partial charge on any atom is 0.214 e. The molecule has 1 saturated heterocycles. The van der Waals surface area contributed by atoms with Crippen LogP contribution in [0.5, 0.6) is 0 Å². The molecule has 6 heteroatoms. The van der Waals surface area contributed by atoms with E-state index >= 15 is 0 Å². The standard InChI is InChI=1S/C10H22N2O3S/c1-15-9-10-3-6-12(7-4-10)16(13,14)8-2-5-11/h10H,2-9,11H2,1H3. The van der Waals surface area contributed by atoms with Crippen molar-refractivity contribution in [2.75, 3.05) is 39.1 Å². The Labute approximate surface area is 98.0 Å². The highest BCUT2D eigenvalue weighted by atomic mass is 32.2. The number of hydrogen-bond acceptors (Lipinski definition) is 4. The first-order chi connectivity index (χ1) is 7.60. The summed E-state index contributed by atoms with van der Waals surface area (Å²) in [5, 5.41) is 0. The van der Waals surface area contributed by atoms with E-state index in [1.54, 1.807) is 11.4 Å². The number of nitrogens with two attached hydrogens (primary N) is 1. The zero-order chi connectivity index (χ0) is 12.0. The molecule has 0 amide bonds. The highest BCUT2D eigenvalue weighted by Gasteiger charge is 2.27. The molecule has 0 radical (unpaired) electrons. The average molecular weight is 250 g/mol. The van der Waals surface area contributed by atoms with E-state index in [1.165, 1.54) is 0 Å². The fourth-order valence-electron chi connectivity index (χ4n) is 1.98. The monoisotopic (exact) mass is 250 g/mol. The Bertz CT molecular complexity index is 284. The molecule has 1 heterocycles. The molecule has 1 aliphatic rings. The second-order valence-electron chi connectivity index (χ2n) is 4.26. The summed E-state index contributed by atoms with van der Waals surface area (Å²) in [7, 11) is -1.39.